The first-order valence-corrected chi connectivity index (χ1v) is 10.4. The van der Waals surface area contributed by atoms with Crippen molar-refractivity contribution >= 4 is 29.3 Å². The van der Waals surface area contributed by atoms with Gasteiger partial charge < -0.3 is 19.7 Å². The quantitative estimate of drug-likeness (QED) is 0.776. The molecule has 2 aliphatic rings. The Morgan fingerprint density at radius 1 is 1.19 bits per heavy atom. The molecule has 2 amide bonds. The van der Waals surface area contributed by atoms with Crippen LogP contribution in [0.2, 0.25) is 0 Å². The summed E-state index contributed by atoms with van der Waals surface area (Å²) in [6.45, 7) is 2.94. The molecule has 1 aromatic rings. The molecule has 1 saturated heterocycles. The van der Waals surface area contributed by atoms with E-state index < -0.39 is 5.97 Å². The summed E-state index contributed by atoms with van der Waals surface area (Å²) in [5.41, 5.74) is 1.25. The van der Waals surface area contributed by atoms with E-state index in [-0.39, 0.29) is 24.6 Å². The Kier molecular flexibility index (Phi) is 6.71. The number of ether oxygens (including phenoxy) is 2. The second-order valence-corrected chi connectivity index (χ2v) is 8.01. The first-order valence-electron chi connectivity index (χ1n) is 9.56. The van der Waals surface area contributed by atoms with Gasteiger partial charge in [0.05, 0.1) is 6.61 Å². The zero-order chi connectivity index (χ0) is 19.2. The van der Waals surface area contributed by atoms with Crippen LogP contribution in [0.15, 0.2) is 6.07 Å². The maximum atomic E-state index is 12.2. The van der Waals surface area contributed by atoms with Crippen LogP contribution in [0.1, 0.15) is 52.7 Å². The Hall–Kier alpha value is -2.09. The van der Waals surface area contributed by atoms with Crippen molar-refractivity contribution in [3.63, 3.8) is 0 Å². The molecule has 27 heavy (non-hydrogen) atoms. The monoisotopic (exact) mass is 394 g/mol. The third-order valence-corrected chi connectivity index (χ3v) is 6.14. The number of likely N-dealkylation sites (tertiary alicyclic amines) is 1. The number of rotatable bonds is 5. The lowest BCUT2D eigenvalue weighted by Gasteiger charge is -2.31. The second-order valence-electron chi connectivity index (χ2n) is 6.87. The molecule has 1 aliphatic heterocycles. The van der Waals surface area contributed by atoms with E-state index in [1.54, 1.807) is 11.8 Å². The average molecular weight is 394 g/mol. The number of thiophene rings is 1. The summed E-state index contributed by atoms with van der Waals surface area (Å²) in [6.07, 6.45) is 5.39. The molecule has 3 rings (SSSR count). The number of nitrogens with one attached hydrogen (secondary N) is 1. The highest BCUT2D eigenvalue weighted by Crippen LogP contribution is 2.30. The van der Waals surface area contributed by atoms with E-state index in [0.29, 0.717) is 37.4 Å². The molecule has 8 heteroatoms. The van der Waals surface area contributed by atoms with E-state index in [1.807, 2.05) is 6.07 Å². The van der Waals surface area contributed by atoms with Crippen molar-refractivity contribution in [2.75, 3.05) is 26.3 Å². The van der Waals surface area contributed by atoms with Gasteiger partial charge in [-0.25, -0.2) is 9.59 Å². The first kappa shape index (κ1) is 19.7. The molecule has 148 valence electrons. The average Bonchev–Trinajstić information content (AvgIpc) is 3.11. The minimum Gasteiger partial charge on any atom is -0.451 e. The van der Waals surface area contributed by atoms with Gasteiger partial charge in [-0.2, -0.15) is 0 Å². The molecule has 0 atom stereocenters. The maximum Gasteiger partial charge on any atom is 0.409 e. The first-order chi connectivity index (χ1) is 13.1. The maximum absolute atomic E-state index is 12.2. The molecule has 7 nitrogen and oxygen atoms in total. The van der Waals surface area contributed by atoms with Crippen LogP contribution in [0.25, 0.3) is 0 Å². The molecular formula is C19H26N2O5S. The van der Waals surface area contributed by atoms with E-state index in [4.69, 9.17) is 9.47 Å². The zero-order valence-corrected chi connectivity index (χ0v) is 16.4. The van der Waals surface area contributed by atoms with Gasteiger partial charge in [0.15, 0.2) is 6.61 Å². The topological polar surface area (TPSA) is 84.9 Å². The van der Waals surface area contributed by atoms with E-state index >= 15 is 0 Å². The number of amides is 2. The Balaban J connectivity index is 1.39. The van der Waals surface area contributed by atoms with Gasteiger partial charge in [-0.15, -0.1) is 11.3 Å². The predicted molar refractivity (Wildman–Crippen MR) is 101 cm³/mol. The smallest absolute Gasteiger partial charge is 0.409 e. The minimum atomic E-state index is -0.429. The lowest BCUT2D eigenvalue weighted by atomic mass is 9.99. The fourth-order valence-electron chi connectivity index (χ4n) is 3.48. The zero-order valence-electron chi connectivity index (χ0n) is 15.6. The molecule has 2 heterocycles. The number of hydrogen-bond donors (Lipinski definition) is 1. The van der Waals surface area contributed by atoms with Crippen LogP contribution < -0.4 is 5.32 Å². The van der Waals surface area contributed by atoms with E-state index in [2.05, 4.69) is 5.32 Å². The second kappa shape index (κ2) is 9.21. The highest BCUT2D eigenvalue weighted by atomic mass is 32.1. The number of esters is 1. The summed E-state index contributed by atoms with van der Waals surface area (Å²) < 4.78 is 10.2. The SMILES string of the molecule is CCOC(=O)N1CCC(NC(=O)COC(=O)c2cc3c(s2)CCCC3)CC1. The third-order valence-electron chi connectivity index (χ3n) is 4.92. The molecule has 1 aliphatic carbocycles. The minimum absolute atomic E-state index is 0.0177. The molecule has 1 N–H and O–H groups in total. The summed E-state index contributed by atoms with van der Waals surface area (Å²) in [5.74, 6) is -0.735. The van der Waals surface area contributed by atoms with Crippen LogP contribution in [0.3, 0.4) is 0 Å². The number of nitrogens with zero attached hydrogens (tertiary/aromatic N) is 1. The predicted octanol–water partition coefficient (Wildman–Crippen LogP) is 2.52. The van der Waals surface area contributed by atoms with Gasteiger partial charge in [-0.1, -0.05) is 0 Å². The van der Waals surface area contributed by atoms with Crippen LogP contribution in [-0.4, -0.2) is 55.2 Å². The molecule has 0 saturated carbocycles. The van der Waals surface area contributed by atoms with Gasteiger partial charge in [0.2, 0.25) is 0 Å². The summed E-state index contributed by atoms with van der Waals surface area (Å²) in [5, 5.41) is 2.87. The summed E-state index contributed by atoms with van der Waals surface area (Å²) in [7, 11) is 0. The van der Waals surface area contributed by atoms with Crippen molar-refractivity contribution in [1.82, 2.24) is 10.2 Å². The molecule has 0 aromatic carbocycles. The Labute approximate surface area is 163 Å². The normalized spacial score (nSPS) is 17.1. The van der Waals surface area contributed by atoms with Crippen LogP contribution >= 0.6 is 11.3 Å². The number of piperidine rings is 1. The highest BCUT2D eigenvalue weighted by molar-refractivity contribution is 7.14. The number of carbonyl (C=O) groups is 3. The van der Waals surface area contributed by atoms with Crippen LogP contribution in [-0.2, 0) is 27.1 Å². The molecule has 1 fully saturated rings. The third kappa shape index (κ3) is 5.22. The van der Waals surface area contributed by atoms with E-state index in [1.165, 1.54) is 28.2 Å². The Bertz CT molecular complexity index is 671. The molecule has 0 unspecified atom stereocenters. The number of hydrogen-bond acceptors (Lipinski definition) is 6. The summed E-state index contributed by atoms with van der Waals surface area (Å²) >= 11 is 1.48. The lowest BCUT2D eigenvalue weighted by Crippen LogP contribution is -2.47. The van der Waals surface area contributed by atoms with Crippen LogP contribution in [0.5, 0.6) is 0 Å². The van der Waals surface area contributed by atoms with Crippen LogP contribution in [0.4, 0.5) is 4.79 Å². The van der Waals surface area contributed by atoms with Gasteiger partial charge in [0.1, 0.15) is 4.88 Å². The van der Waals surface area contributed by atoms with Crippen LogP contribution in [0, 0.1) is 0 Å². The number of carbonyl (C=O) groups excluding carboxylic acids is 3. The largest absolute Gasteiger partial charge is 0.451 e. The summed E-state index contributed by atoms with van der Waals surface area (Å²) in [4.78, 5) is 39.4. The molecule has 0 bridgehead atoms. The van der Waals surface area contributed by atoms with Gasteiger partial charge in [0, 0.05) is 24.0 Å². The van der Waals surface area contributed by atoms with E-state index in [0.717, 1.165) is 19.3 Å². The highest BCUT2D eigenvalue weighted by Gasteiger charge is 2.25. The van der Waals surface area contributed by atoms with Crippen molar-refractivity contribution in [2.24, 2.45) is 0 Å². The van der Waals surface area contributed by atoms with Crippen molar-refractivity contribution in [2.45, 2.75) is 51.5 Å². The molecule has 0 radical (unpaired) electrons. The fourth-order valence-corrected chi connectivity index (χ4v) is 4.63. The standard InChI is InChI=1S/C19H26N2O5S/c1-2-25-19(24)21-9-7-14(8-10-21)20-17(22)12-26-18(23)16-11-13-5-3-4-6-15(13)27-16/h11,14H,2-10,12H2,1H3,(H,20,22). The van der Waals surface area contributed by atoms with Crippen molar-refractivity contribution in [3.8, 4) is 0 Å². The van der Waals surface area contributed by atoms with Gasteiger partial charge in [-0.05, 0) is 57.1 Å². The van der Waals surface area contributed by atoms with Crippen molar-refractivity contribution < 1.29 is 23.9 Å². The lowest BCUT2D eigenvalue weighted by molar-refractivity contribution is -0.125. The fraction of sp³-hybridized carbons (Fsp3) is 0.632. The van der Waals surface area contributed by atoms with Crippen molar-refractivity contribution in [1.29, 1.82) is 0 Å². The molecular weight excluding hydrogens is 368 g/mol. The number of aryl methyl sites for hydroxylation is 2. The Morgan fingerprint density at radius 3 is 2.63 bits per heavy atom. The van der Waals surface area contributed by atoms with Gasteiger partial charge >= 0.3 is 12.1 Å². The van der Waals surface area contributed by atoms with Gasteiger partial charge in [-0.3, -0.25) is 4.79 Å². The molecule has 1 aromatic heterocycles. The molecule has 0 spiro atoms. The Morgan fingerprint density at radius 2 is 1.93 bits per heavy atom. The van der Waals surface area contributed by atoms with Crippen molar-refractivity contribution in [3.05, 3.63) is 21.4 Å². The summed E-state index contributed by atoms with van der Waals surface area (Å²) in [6, 6.07) is 1.89. The van der Waals surface area contributed by atoms with E-state index in [9.17, 15) is 14.4 Å². The number of fused-ring (bicyclic) bond motifs is 1. The van der Waals surface area contributed by atoms with Gasteiger partial charge in [0.25, 0.3) is 5.91 Å².